The van der Waals surface area contributed by atoms with E-state index in [9.17, 15) is 19.7 Å². The van der Waals surface area contributed by atoms with Gasteiger partial charge in [0.1, 0.15) is 5.82 Å². The molecule has 0 bridgehead atoms. The standard InChI is InChI=1S/C14H14FNO3/c1-8-3-2-4-10(15)12(8)16-7-9-5-6-11(17)14(19)13(9)18/h2-6,16-19H,7H2,1H3. The Kier molecular flexibility index (Phi) is 3.46. The molecule has 0 spiro atoms. The summed E-state index contributed by atoms with van der Waals surface area (Å²) in [6.45, 7) is 1.89. The Morgan fingerprint density at radius 1 is 1.05 bits per heavy atom. The van der Waals surface area contributed by atoms with Crippen molar-refractivity contribution in [2.75, 3.05) is 5.32 Å². The number of halogens is 1. The number of rotatable bonds is 3. The van der Waals surface area contributed by atoms with E-state index in [1.54, 1.807) is 19.1 Å². The molecule has 2 aromatic rings. The number of hydrogen-bond donors (Lipinski definition) is 4. The molecule has 4 nitrogen and oxygen atoms in total. The van der Waals surface area contributed by atoms with Crippen molar-refractivity contribution in [3.8, 4) is 17.2 Å². The Bertz CT molecular complexity index is 594. The van der Waals surface area contributed by atoms with Crippen molar-refractivity contribution in [3.05, 3.63) is 47.3 Å². The number of hydrogen-bond acceptors (Lipinski definition) is 4. The minimum atomic E-state index is -0.579. The van der Waals surface area contributed by atoms with Crippen LogP contribution >= 0.6 is 0 Å². The first-order valence-corrected chi connectivity index (χ1v) is 5.72. The highest BCUT2D eigenvalue weighted by Crippen LogP contribution is 2.37. The fourth-order valence-corrected chi connectivity index (χ4v) is 1.79. The van der Waals surface area contributed by atoms with E-state index in [0.717, 1.165) is 5.56 Å². The zero-order valence-corrected chi connectivity index (χ0v) is 10.3. The first-order valence-electron chi connectivity index (χ1n) is 5.72. The van der Waals surface area contributed by atoms with Crippen molar-refractivity contribution in [1.29, 1.82) is 0 Å². The summed E-state index contributed by atoms with van der Waals surface area (Å²) in [5.74, 6) is -1.78. The van der Waals surface area contributed by atoms with Crippen LogP contribution in [-0.2, 0) is 6.54 Å². The van der Waals surface area contributed by atoms with Crippen molar-refractivity contribution in [2.24, 2.45) is 0 Å². The number of benzene rings is 2. The highest BCUT2D eigenvalue weighted by molar-refractivity contribution is 5.56. The number of aryl methyl sites for hydroxylation is 1. The fraction of sp³-hybridized carbons (Fsp3) is 0.143. The van der Waals surface area contributed by atoms with Crippen LogP contribution in [0.1, 0.15) is 11.1 Å². The zero-order chi connectivity index (χ0) is 14.0. The zero-order valence-electron chi connectivity index (χ0n) is 10.3. The molecule has 100 valence electrons. The lowest BCUT2D eigenvalue weighted by molar-refractivity contribution is 0.365. The molecule has 0 aliphatic heterocycles. The fourth-order valence-electron chi connectivity index (χ4n) is 1.79. The maximum Gasteiger partial charge on any atom is 0.200 e. The summed E-state index contributed by atoms with van der Waals surface area (Å²) in [5.41, 5.74) is 1.44. The number of aromatic hydroxyl groups is 3. The molecule has 2 aromatic carbocycles. The van der Waals surface area contributed by atoms with Gasteiger partial charge in [-0.25, -0.2) is 4.39 Å². The third-order valence-corrected chi connectivity index (χ3v) is 2.89. The van der Waals surface area contributed by atoms with E-state index in [2.05, 4.69) is 5.32 Å². The van der Waals surface area contributed by atoms with Gasteiger partial charge in [0.25, 0.3) is 0 Å². The summed E-state index contributed by atoms with van der Waals surface area (Å²) < 4.78 is 13.6. The van der Waals surface area contributed by atoms with Gasteiger partial charge in [-0.2, -0.15) is 0 Å². The normalized spacial score (nSPS) is 10.4. The maximum absolute atomic E-state index is 13.6. The highest BCUT2D eigenvalue weighted by Gasteiger charge is 2.12. The Morgan fingerprint density at radius 3 is 2.47 bits per heavy atom. The molecule has 0 amide bonds. The Labute approximate surface area is 109 Å². The van der Waals surface area contributed by atoms with Crippen LogP contribution in [0.15, 0.2) is 30.3 Å². The van der Waals surface area contributed by atoms with E-state index >= 15 is 0 Å². The van der Waals surface area contributed by atoms with Gasteiger partial charge in [-0.05, 0) is 30.7 Å². The van der Waals surface area contributed by atoms with Crippen LogP contribution in [0, 0.1) is 12.7 Å². The van der Waals surface area contributed by atoms with Crippen LogP contribution in [0.5, 0.6) is 17.2 Å². The minimum Gasteiger partial charge on any atom is -0.504 e. The molecule has 0 radical (unpaired) electrons. The molecule has 0 unspecified atom stereocenters. The van der Waals surface area contributed by atoms with Gasteiger partial charge < -0.3 is 20.6 Å². The second kappa shape index (κ2) is 5.06. The molecule has 0 fully saturated rings. The predicted molar refractivity (Wildman–Crippen MR) is 69.9 cm³/mol. The largest absolute Gasteiger partial charge is 0.504 e. The van der Waals surface area contributed by atoms with Gasteiger partial charge in [0.05, 0.1) is 5.69 Å². The smallest absolute Gasteiger partial charge is 0.200 e. The van der Waals surface area contributed by atoms with Gasteiger partial charge >= 0.3 is 0 Å². The average molecular weight is 263 g/mol. The lowest BCUT2D eigenvalue weighted by Gasteiger charge is -2.12. The van der Waals surface area contributed by atoms with Gasteiger partial charge in [0.2, 0.25) is 5.75 Å². The Morgan fingerprint density at radius 2 is 1.79 bits per heavy atom. The van der Waals surface area contributed by atoms with Crippen LogP contribution in [0.4, 0.5) is 10.1 Å². The average Bonchev–Trinajstić information content (AvgIpc) is 2.38. The summed E-state index contributed by atoms with van der Waals surface area (Å²) in [5, 5.41) is 31.1. The molecule has 5 heteroatoms. The van der Waals surface area contributed by atoms with Crippen molar-refractivity contribution in [3.63, 3.8) is 0 Å². The molecule has 4 N–H and O–H groups in total. The van der Waals surface area contributed by atoms with Gasteiger partial charge in [0, 0.05) is 12.1 Å². The van der Waals surface area contributed by atoms with Crippen LogP contribution in [0.2, 0.25) is 0 Å². The highest BCUT2D eigenvalue weighted by atomic mass is 19.1. The second-order valence-corrected chi connectivity index (χ2v) is 4.23. The quantitative estimate of drug-likeness (QED) is 0.642. The molecule has 2 rings (SSSR count). The summed E-state index contributed by atoms with van der Waals surface area (Å²) in [4.78, 5) is 0. The number of anilines is 1. The summed E-state index contributed by atoms with van der Waals surface area (Å²) in [6.07, 6.45) is 0. The summed E-state index contributed by atoms with van der Waals surface area (Å²) in [7, 11) is 0. The molecule has 0 aliphatic rings. The molecule has 0 heterocycles. The summed E-state index contributed by atoms with van der Waals surface area (Å²) in [6, 6.07) is 7.43. The van der Waals surface area contributed by atoms with Crippen LogP contribution in [0.3, 0.4) is 0 Å². The van der Waals surface area contributed by atoms with Crippen LogP contribution in [0.25, 0.3) is 0 Å². The molecule has 0 saturated heterocycles. The Balaban J connectivity index is 2.22. The second-order valence-electron chi connectivity index (χ2n) is 4.23. The lowest BCUT2D eigenvalue weighted by atomic mass is 10.1. The third-order valence-electron chi connectivity index (χ3n) is 2.89. The lowest BCUT2D eigenvalue weighted by Crippen LogP contribution is -2.03. The molecule has 0 atom stereocenters. The molecule has 0 aliphatic carbocycles. The molecular weight excluding hydrogens is 249 g/mol. The topological polar surface area (TPSA) is 72.7 Å². The van der Waals surface area contributed by atoms with Gasteiger partial charge in [-0.3, -0.25) is 0 Å². The number of phenolic OH excluding ortho intramolecular Hbond substituents is 3. The van der Waals surface area contributed by atoms with Crippen molar-refractivity contribution < 1.29 is 19.7 Å². The third kappa shape index (κ3) is 2.54. The van der Waals surface area contributed by atoms with Crippen LogP contribution < -0.4 is 5.32 Å². The van der Waals surface area contributed by atoms with Crippen LogP contribution in [-0.4, -0.2) is 15.3 Å². The van der Waals surface area contributed by atoms with E-state index in [4.69, 9.17) is 0 Å². The van der Waals surface area contributed by atoms with Crippen molar-refractivity contribution >= 4 is 5.69 Å². The van der Waals surface area contributed by atoms with E-state index in [0.29, 0.717) is 11.3 Å². The predicted octanol–water partition coefficient (Wildman–Crippen LogP) is 2.86. The SMILES string of the molecule is Cc1cccc(F)c1NCc1ccc(O)c(O)c1O. The number of para-hydroxylation sites is 1. The summed E-state index contributed by atoms with van der Waals surface area (Å²) >= 11 is 0. The molecule has 19 heavy (non-hydrogen) atoms. The first-order chi connectivity index (χ1) is 9.00. The van der Waals surface area contributed by atoms with Gasteiger partial charge in [-0.1, -0.05) is 12.1 Å². The van der Waals surface area contributed by atoms with E-state index in [1.807, 2.05) is 0 Å². The molecule has 0 saturated carbocycles. The van der Waals surface area contributed by atoms with Crippen molar-refractivity contribution in [1.82, 2.24) is 0 Å². The Hall–Kier alpha value is -2.43. The number of nitrogens with one attached hydrogen (secondary N) is 1. The molecular formula is C14H14FNO3. The van der Waals surface area contributed by atoms with E-state index < -0.39 is 17.2 Å². The maximum atomic E-state index is 13.6. The first kappa shape index (κ1) is 13.0. The minimum absolute atomic E-state index is 0.126. The van der Waals surface area contributed by atoms with Gasteiger partial charge in [-0.15, -0.1) is 0 Å². The van der Waals surface area contributed by atoms with E-state index in [-0.39, 0.29) is 12.4 Å². The van der Waals surface area contributed by atoms with E-state index in [1.165, 1.54) is 18.2 Å². The van der Waals surface area contributed by atoms with Crippen molar-refractivity contribution in [2.45, 2.75) is 13.5 Å². The number of phenols is 3. The molecule has 0 aromatic heterocycles. The van der Waals surface area contributed by atoms with Gasteiger partial charge in [0.15, 0.2) is 11.5 Å². The monoisotopic (exact) mass is 263 g/mol.